The summed E-state index contributed by atoms with van der Waals surface area (Å²) in [6.07, 6.45) is 1.37. The number of carbonyl (C=O) groups is 1. The number of hydrogen-bond donors (Lipinski definition) is 1. The molecule has 0 unspecified atom stereocenters. The molecule has 0 spiro atoms. The van der Waals surface area contributed by atoms with Crippen LogP contribution >= 0.6 is 0 Å². The number of aryl methyl sites for hydroxylation is 1. The molecule has 1 aromatic rings. The Hall–Kier alpha value is -1.85. The van der Waals surface area contributed by atoms with Crippen molar-refractivity contribution < 1.29 is 18.3 Å². The second kappa shape index (κ2) is 5.86. The summed E-state index contributed by atoms with van der Waals surface area (Å²) in [5, 5.41) is 17.4. The van der Waals surface area contributed by atoms with Crippen LogP contribution < -0.4 is 0 Å². The van der Waals surface area contributed by atoms with Crippen LogP contribution in [-0.4, -0.2) is 42.0 Å². The van der Waals surface area contributed by atoms with Gasteiger partial charge in [-0.15, -0.1) is 0 Å². The number of carboxylic acids is 1. The van der Waals surface area contributed by atoms with E-state index in [2.05, 4.69) is 0 Å². The first-order chi connectivity index (χ1) is 8.84. The zero-order valence-corrected chi connectivity index (χ0v) is 11.5. The van der Waals surface area contributed by atoms with E-state index in [4.69, 9.17) is 10.4 Å². The molecule has 0 atom stereocenters. The minimum absolute atomic E-state index is 0.0680. The van der Waals surface area contributed by atoms with Gasteiger partial charge in [-0.3, -0.25) is 0 Å². The molecule has 0 saturated heterocycles. The van der Waals surface area contributed by atoms with Crippen molar-refractivity contribution in [1.82, 2.24) is 8.87 Å². The molecule has 0 saturated carbocycles. The Morgan fingerprint density at radius 2 is 2.21 bits per heavy atom. The molecule has 19 heavy (non-hydrogen) atoms. The van der Waals surface area contributed by atoms with Crippen molar-refractivity contribution >= 4 is 16.0 Å². The van der Waals surface area contributed by atoms with E-state index in [0.29, 0.717) is 6.54 Å². The standard InChI is InChI=1S/C11H15N3O4S/c1-3-14-8-9(7-10(14)11(15)16)19(17,18)13(2)6-4-5-12/h7-8H,3-4,6H2,1-2H3,(H,15,16). The molecule has 7 nitrogen and oxygen atoms in total. The highest BCUT2D eigenvalue weighted by Gasteiger charge is 2.24. The average molecular weight is 285 g/mol. The number of carboxylic acid groups (broad SMARTS) is 1. The van der Waals surface area contributed by atoms with Crippen LogP contribution in [0.2, 0.25) is 0 Å². The predicted octanol–water partition coefficient (Wildman–Crippen LogP) is 0.740. The molecule has 0 bridgehead atoms. The van der Waals surface area contributed by atoms with Gasteiger partial charge in [-0.05, 0) is 13.0 Å². The van der Waals surface area contributed by atoms with E-state index in [1.807, 2.05) is 6.07 Å². The monoisotopic (exact) mass is 285 g/mol. The molecule has 1 aromatic heterocycles. The maximum Gasteiger partial charge on any atom is 0.352 e. The second-order valence-electron chi connectivity index (χ2n) is 3.89. The topological polar surface area (TPSA) is 103 Å². The number of sulfonamides is 1. The first kappa shape index (κ1) is 15.2. The van der Waals surface area contributed by atoms with Crippen molar-refractivity contribution in [3.63, 3.8) is 0 Å². The maximum absolute atomic E-state index is 12.2. The quantitative estimate of drug-likeness (QED) is 0.830. The molecule has 0 fully saturated rings. The SMILES string of the molecule is CCn1cc(S(=O)(=O)N(C)CCC#N)cc1C(=O)O. The molecule has 0 radical (unpaired) electrons. The lowest BCUT2D eigenvalue weighted by Gasteiger charge is -2.14. The molecule has 1 heterocycles. The van der Waals surface area contributed by atoms with Gasteiger partial charge in [0.2, 0.25) is 10.0 Å². The number of nitriles is 1. The van der Waals surface area contributed by atoms with E-state index in [9.17, 15) is 13.2 Å². The van der Waals surface area contributed by atoms with E-state index in [1.54, 1.807) is 6.92 Å². The molecular formula is C11H15N3O4S. The van der Waals surface area contributed by atoms with Crippen LogP contribution in [0.3, 0.4) is 0 Å². The average Bonchev–Trinajstić information content (AvgIpc) is 2.80. The Kier molecular flexibility index (Phi) is 4.69. The lowest BCUT2D eigenvalue weighted by atomic mass is 10.4. The van der Waals surface area contributed by atoms with Gasteiger partial charge in [0.1, 0.15) is 10.6 Å². The summed E-state index contributed by atoms with van der Waals surface area (Å²) < 4.78 is 26.7. The van der Waals surface area contributed by atoms with Gasteiger partial charge in [0.05, 0.1) is 6.07 Å². The summed E-state index contributed by atoms with van der Waals surface area (Å²) in [4.78, 5) is 10.9. The van der Waals surface area contributed by atoms with E-state index >= 15 is 0 Å². The molecule has 0 aliphatic heterocycles. The predicted molar refractivity (Wildman–Crippen MR) is 67.1 cm³/mol. The number of rotatable bonds is 6. The van der Waals surface area contributed by atoms with Crippen molar-refractivity contribution in [3.8, 4) is 6.07 Å². The normalized spacial score (nSPS) is 11.5. The highest BCUT2D eigenvalue weighted by molar-refractivity contribution is 7.89. The van der Waals surface area contributed by atoms with Crippen LogP contribution in [0.4, 0.5) is 0 Å². The first-order valence-electron chi connectivity index (χ1n) is 5.61. The van der Waals surface area contributed by atoms with Crippen LogP contribution in [-0.2, 0) is 16.6 Å². The van der Waals surface area contributed by atoms with Gasteiger partial charge in [-0.1, -0.05) is 0 Å². The van der Waals surface area contributed by atoms with Crippen molar-refractivity contribution in [3.05, 3.63) is 18.0 Å². The number of nitrogens with zero attached hydrogens (tertiary/aromatic N) is 3. The molecule has 104 valence electrons. The second-order valence-corrected chi connectivity index (χ2v) is 5.93. The summed E-state index contributed by atoms with van der Waals surface area (Å²) in [5.74, 6) is -1.18. The van der Waals surface area contributed by atoms with E-state index in [0.717, 1.165) is 10.4 Å². The smallest absolute Gasteiger partial charge is 0.352 e. The molecule has 0 aromatic carbocycles. The van der Waals surface area contributed by atoms with Crippen LogP contribution in [0, 0.1) is 11.3 Å². The Labute approximate surface area is 111 Å². The third-order valence-electron chi connectivity index (χ3n) is 2.68. The van der Waals surface area contributed by atoms with Crippen molar-refractivity contribution in [2.75, 3.05) is 13.6 Å². The summed E-state index contributed by atoms with van der Waals surface area (Å²) in [6, 6.07) is 2.99. The van der Waals surface area contributed by atoms with Gasteiger partial charge in [-0.25, -0.2) is 13.2 Å². The number of hydrogen-bond acceptors (Lipinski definition) is 4. The third kappa shape index (κ3) is 3.13. The Morgan fingerprint density at radius 3 is 2.63 bits per heavy atom. The highest BCUT2D eigenvalue weighted by atomic mass is 32.2. The van der Waals surface area contributed by atoms with E-state index in [-0.39, 0.29) is 23.6 Å². The van der Waals surface area contributed by atoms with Gasteiger partial charge >= 0.3 is 5.97 Å². The van der Waals surface area contributed by atoms with Crippen molar-refractivity contribution in [2.45, 2.75) is 24.8 Å². The zero-order chi connectivity index (χ0) is 14.6. The fraction of sp³-hybridized carbons (Fsp3) is 0.455. The molecule has 0 aliphatic rings. The third-order valence-corrected chi connectivity index (χ3v) is 4.50. The Bertz CT molecular complexity index is 612. The van der Waals surface area contributed by atoms with Gasteiger partial charge in [0.25, 0.3) is 0 Å². The lowest BCUT2D eigenvalue weighted by molar-refractivity contribution is 0.0685. The summed E-state index contributed by atoms with van der Waals surface area (Å²) in [7, 11) is -2.40. The highest BCUT2D eigenvalue weighted by Crippen LogP contribution is 2.18. The summed E-state index contributed by atoms with van der Waals surface area (Å²) in [5.41, 5.74) is -0.0743. The molecular weight excluding hydrogens is 270 g/mol. The van der Waals surface area contributed by atoms with Gasteiger partial charge in [0, 0.05) is 32.8 Å². The van der Waals surface area contributed by atoms with Gasteiger partial charge in [-0.2, -0.15) is 9.57 Å². The molecule has 0 aliphatic carbocycles. The van der Waals surface area contributed by atoms with Crippen molar-refractivity contribution in [2.24, 2.45) is 0 Å². The summed E-state index contributed by atoms with van der Waals surface area (Å²) in [6.45, 7) is 2.15. The Morgan fingerprint density at radius 1 is 1.58 bits per heavy atom. The minimum atomic E-state index is -3.76. The van der Waals surface area contributed by atoms with Crippen LogP contribution in [0.5, 0.6) is 0 Å². The molecule has 1 rings (SSSR count). The number of aromatic carboxylic acids is 1. The minimum Gasteiger partial charge on any atom is -0.477 e. The Balaban J connectivity index is 3.16. The van der Waals surface area contributed by atoms with Gasteiger partial charge in [0.15, 0.2) is 0 Å². The van der Waals surface area contributed by atoms with Crippen molar-refractivity contribution in [1.29, 1.82) is 5.26 Å². The van der Waals surface area contributed by atoms with Crippen LogP contribution in [0.15, 0.2) is 17.2 Å². The van der Waals surface area contributed by atoms with Gasteiger partial charge < -0.3 is 9.67 Å². The fourth-order valence-corrected chi connectivity index (χ4v) is 2.79. The maximum atomic E-state index is 12.2. The van der Waals surface area contributed by atoms with E-state index < -0.39 is 16.0 Å². The van der Waals surface area contributed by atoms with E-state index in [1.165, 1.54) is 17.8 Å². The first-order valence-corrected chi connectivity index (χ1v) is 7.05. The molecule has 1 N–H and O–H groups in total. The fourth-order valence-electron chi connectivity index (χ4n) is 1.57. The lowest BCUT2D eigenvalue weighted by Crippen LogP contribution is -2.27. The van der Waals surface area contributed by atoms with Crippen LogP contribution in [0.1, 0.15) is 23.8 Å². The zero-order valence-electron chi connectivity index (χ0n) is 10.7. The molecule has 0 amide bonds. The van der Waals surface area contributed by atoms with Crippen LogP contribution in [0.25, 0.3) is 0 Å². The largest absolute Gasteiger partial charge is 0.477 e. The summed E-state index contributed by atoms with van der Waals surface area (Å²) >= 11 is 0. The number of aromatic nitrogens is 1. The molecule has 8 heteroatoms.